The van der Waals surface area contributed by atoms with Crippen molar-refractivity contribution in [3.8, 4) is 22.9 Å². The van der Waals surface area contributed by atoms with Crippen molar-refractivity contribution in [2.45, 2.75) is 44.9 Å². The van der Waals surface area contributed by atoms with Crippen molar-refractivity contribution in [1.29, 1.82) is 5.26 Å². The van der Waals surface area contributed by atoms with Gasteiger partial charge in [-0.1, -0.05) is 37.0 Å². The molecule has 170 valence electrons. The van der Waals surface area contributed by atoms with E-state index >= 15 is 0 Å². The van der Waals surface area contributed by atoms with Crippen molar-refractivity contribution in [3.63, 3.8) is 0 Å². The van der Waals surface area contributed by atoms with Crippen LogP contribution in [0.1, 0.15) is 44.1 Å². The summed E-state index contributed by atoms with van der Waals surface area (Å²) in [6.07, 6.45) is 7.80. The van der Waals surface area contributed by atoms with Crippen molar-refractivity contribution < 1.29 is 70.4 Å². The number of nitriles is 1. The first-order valence-electron chi connectivity index (χ1n) is 10.1. The molecule has 1 aliphatic rings. The summed E-state index contributed by atoms with van der Waals surface area (Å²) in [6.45, 7) is 3.81. The van der Waals surface area contributed by atoms with Gasteiger partial charge in [-0.15, -0.1) is 11.3 Å². The van der Waals surface area contributed by atoms with Crippen LogP contribution < -0.4 is 61.4 Å². The molecule has 1 aliphatic heterocycles. The van der Waals surface area contributed by atoms with E-state index in [1.165, 1.54) is 57.7 Å². The first-order chi connectivity index (χ1) is 14.7. The average Bonchev–Trinajstić information content (AvgIpc) is 2.75. The monoisotopic (exact) mass is 466 g/mol. The first-order valence-corrected chi connectivity index (χ1v) is 10.1. The third kappa shape index (κ3) is 13.4. The second kappa shape index (κ2) is 21.7. The Morgan fingerprint density at radius 3 is 2.28 bits per heavy atom. The van der Waals surface area contributed by atoms with Crippen molar-refractivity contribution in [3.05, 3.63) is 61.3 Å². The number of rotatable bonds is 5. The maximum Gasteiger partial charge on any atom is 1.00 e. The maximum absolute atomic E-state index is 13.9. The Bertz CT molecular complexity index is 756. The molecule has 2 aromatic rings. The summed E-state index contributed by atoms with van der Waals surface area (Å²) < 4.78 is 18.4. The van der Waals surface area contributed by atoms with Gasteiger partial charge < -0.3 is 27.4 Å². The van der Waals surface area contributed by atoms with Crippen LogP contribution in [0.4, 0.5) is 4.39 Å². The van der Waals surface area contributed by atoms with Crippen molar-refractivity contribution >= 4 is 6.47 Å². The molecule has 32 heavy (non-hydrogen) atoms. The van der Waals surface area contributed by atoms with E-state index in [1.54, 1.807) is 30.3 Å². The number of ether oxygens (including phenoxy) is 1. The molecule has 0 aliphatic carbocycles. The van der Waals surface area contributed by atoms with Gasteiger partial charge >= 0.3 is 51.4 Å². The zero-order valence-corrected chi connectivity index (χ0v) is 22.5. The number of hydrogen-bond donors (Lipinski definition) is 2. The zero-order valence-electron chi connectivity index (χ0n) is 19.4. The average molecular weight is 467 g/mol. The second-order valence-corrected chi connectivity index (χ2v) is 6.61. The van der Waals surface area contributed by atoms with E-state index in [-0.39, 0.29) is 76.8 Å². The Morgan fingerprint density at radius 1 is 1.12 bits per heavy atom. The molecule has 0 saturated carbocycles. The summed E-state index contributed by atoms with van der Waals surface area (Å²) >= 11 is 0. The summed E-state index contributed by atoms with van der Waals surface area (Å²) in [7, 11) is 1.00. The van der Waals surface area contributed by atoms with E-state index in [4.69, 9.17) is 10.4 Å². The van der Waals surface area contributed by atoms with Gasteiger partial charge in [0.2, 0.25) is 0 Å². The minimum Gasteiger partial charge on any atom is -0.634 e. The zero-order chi connectivity index (χ0) is 22.0. The van der Waals surface area contributed by atoms with Crippen LogP contribution >= 0.6 is 0 Å². The fourth-order valence-electron chi connectivity index (χ4n) is 2.97. The summed E-state index contributed by atoms with van der Waals surface area (Å²) in [6, 6.07) is 14.5. The molecule has 1 saturated heterocycles. The van der Waals surface area contributed by atoms with Crippen molar-refractivity contribution in [1.82, 2.24) is 5.32 Å². The molecule has 0 spiro atoms. The Balaban J connectivity index is 0. The first kappa shape index (κ1) is 33.1. The van der Waals surface area contributed by atoms with Gasteiger partial charge in [-0.2, -0.15) is 17.4 Å². The summed E-state index contributed by atoms with van der Waals surface area (Å²) in [5.41, 5.74) is 1.98. The number of aliphatic hydroxyl groups excluding tert-OH is 1. The number of carbonyl (C=O) groups excluding carboxylic acids is 1. The Hall–Kier alpha value is -1.11. The number of nitrogens with zero attached hydrogens (tertiary/aromatic N) is 1. The van der Waals surface area contributed by atoms with Gasteiger partial charge in [0, 0.05) is 13.5 Å². The van der Waals surface area contributed by atoms with Gasteiger partial charge in [-0.05, 0) is 44.0 Å². The topological polar surface area (TPSA) is 82.3 Å². The van der Waals surface area contributed by atoms with E-state index in [2.05, 4.69) is 16.1 Å². The molecule has 0 aromatic heterocycles. The Labute approximate surface area is 234 Å². The molecular weight excluding hydrogens is 434 g/mol. The maximum atomic E-state index is 13.9. The Kier molecular flexibility index (Phi) is 22.4. The van der Waals surface area contributed by atoms with Crippen LogP contribution in [0.2, 0.25) is 0 Å². The largest absolute Gasteiger partial charge is 1.00 e. The second-order valence-electron chi connectivity index (χ2n) is 6.61. The number of halogens is 1. The van der Waals surface area contributed by atoms with Gasteiger partial charge in [0.25, 0.3) is 0 Å². The number of nitrogens with one attached hydrogen (secondary N) is 1. The van der Waals surface area contributed by atoms with Crippen molar-refractivity contribution in [2.24, 2.45) is 0 Å². The third-order valence-corrected chi connectivity index (χ3v) is 4.54. The molecular formula is C25H32FKN2O3-2. The summed E-state index contributed by atoms with van der Waals surface area (Å²) in [5, 5.41) is 18.9. The van der Waals surface area contributed by atoms with Crippen LogP contribution in [0.25, 0.3) is 11.1 Å². The predicted octanol–water partition coefficient (Wildman–Crippen LogP) is 1.80. The van der Waals surface area contributed by atoms with Gasteiger partial charge in [-0.3, -0.25) is 0 Å². The standard InChI is InChI=1S/C16H10FNO2.C7H15N.CH4O.CH3.K/c17-16-10-14(4-3-13(16)2-1-9-18)12-5-7-15(8-6-12)20-11-19;1-2-4-6-8-7-5-3-1;1-2;;/h3-7,10H,1-2H2;8H,1-7H2;2H,1H3;1H3;/q-2;;;-1;+1. The van der Waals surface area contributed by atoms with Gasteiger partial charge in [0.1, 0.15) is 5.82 Å². The van der Waals surface area contributed by atoms with Crippen molar-refractivity contribution in [2.75, 3.05) is 20.2 Å². The van der Waals surface area contributed by atoms with Crippen LogP contribution in [0.3, 0.4) is 0 Å². The molecule has 5 nitrogen and oxygen atoms in total. The fourth-order valence-corrected chi connectivity index (χ4v) is 2.97. The Morgan fingerprint density at radius 2 is 1.75 bits per heavy atom. The third-order valence-electron chi connectivity index (χ3n) is 4.54. The molecule has 0 bridgehead atoms. The molecule has 1 heterocycles. The van der Waals surface area contributed by atoms with Gasteiger partial charge in [0.15, 0.2) is 6.47 Å². The molecule has 0 amide bonds. The molecule has 7 heteroatoms. The van der Waals surface area contributed by atoms with Gasteiger partial charge in [0.05, 0.1) is 6.07 Å². The number of benzene rings is 2. The van der Waals surface area contributed by atoms with Crippen LogP contribution in [0, 0.1) is 30.6 Å². The van der Waals surface area contributed by atoms with E-state index in [0.717, 1.165) is 12.7 Å². The molecule has 3 rings (SSSR count). The summed E-state index contributed by atoms with van der Waals surface area (Å²) in [5.74, 6) is -0.0748. The number of aliphatic hydroxyl groups is 1. The van der Waals surface area contributed by atoms with E-state index in [9.17, 15) is 9.18 Å². The van der Waals surface area contributed by atoms with E-state index < -0.39 is 0 Å². The van der Waals surface area contributed by atoms with E-state index in [1.807, 2.05) is 6.07 Å². The van der Waals surface area contributed by atoms with Crippen LogP contribution in [-0.4, -0.2) is 31.8 Å². The number of hydrogen-bond acceptors (Lipinski definition) is 5. The summed E-state index contributed by atoms with van der Waals surface area (Å²) in [4.78, 5) is 10.1. The quantitative estimate of drug-likeness (QED) is 0.519. The predicted molar refractivity (Wildman–Crippen MR) is 121 cm³/mol. The van der Waals surface area contributed by atoms with Crippen LogP contribution in [-0.2, 0) is 11.2 Å². The molecule has 0 radical (unpaired) electrons. The van der Waals surface area contributed by atoms with E-state index in [0.29, 0.717) is 17.5 Å². The minimum atomic E-state index is -0.334. The smallest absolute Gasteiger partial charge is 0.634 e. The normalized spacial score (nSPS) is 12.3. The van der Waals surface area contributed by atoms with Crippen LogP contribution in [0.15, 0.2) is 36.4 Å². The SMILES string of the molecule is C1CCCNCCC1.CO.N#CCCc1ccc(-c2c[c-]c(O[C-]=O)cc2)cc1F.[CH3-].[K+]. The molecule has 0 unspecified atom stereocenters. The molecule has 2 aromatic carbocycles. The fraction of sp³-hybridized carbons (Fsp3) is 0.400. The number of aryl methyl sites for hydroxylation is 1. The molecule has 2 N–H and O–H groups in total. The molecule has 0 atom stereocenters. The van der Waals surface area contributed by atoms with Gasteiger partial charge in [-0.25, -0.2) is 16.5 Å². The minimum absolute atomic E-state index is 0. The van der Waals surface area contributed by atoms with Crippen LogP contribution in [0.5, 0.6) is 5.75 Å². The molecule has 1 fully saturated rings.